The third-order valence-corrected chi connectivity index (χ3v) is 5.51. The van der Waals surface area contributed by atoms with Crippen LogP contribution in [0, 0.1) is 17.7 Å². The highest BCUT2D eigenvalue weighted by Gasteiger charge is 2.15. The summed E-state index contributed by atoms with van der Waals surface area (Å²) in [6, 6.07) is 15.6. The zero-order chi connectivity index (χ0) is 22.4. The SMILES string of the molecule is CNCc1ccc(C(=N)OC(=N)c2nc(-c3ccc(SC(C)C)cc3)cnc2C)cc1. The third-order valence-electron chi connectivity index (χ3n) is 4.49. The minimum Gasteiger partial charge on any atom is -0.419 e. The molecule has 7 heteroatoms. The van der Waals surface area contributed by atoms with Gasteiger partial charge in [0, 0.05) is 27.8 Å². The first kappa shape index (κ1) is 22.7. The molecule has 2 aromatic carbocycles. The van der Waals surface area contributed by atoms with Gasteiger partial charge in [0.05, 0.1) is 17.6 Å². The second-order valence-corrected chi connectivity index (χ2v) is 9.02. The number of nitrogens with one attached hydrogen (secondary N) is 3. The summed E-state index contributed by atoms with van der Waals surface area (Å²) in [5, 5.41) is 20.2. The van der Waals surface area contributed by atoms with E-state index in [4.69, 9.17) is 15.6 Å². The Kier molecular flexibility index (Phi) is 7.55. The maximum atomic E-state index is 8.35. The van der Waals surface area contributed by atoms with Crippen LogP contribution in [0.2, 0.25) is 0 Å². The van der Waals surface area contributed by atoms with Gasteiger partial charge in [0.2, 0.25) is 11.8 Å². The van der Waals surface area contributed by atoms with Crippen LogP contribution >= 0.6 is 11.8 Å². The van der Waals surface area contributed by atoms with Crippen LogP contribution in [0.4, 0.5) is 0 Å². The van der Waals surface area contributed by atoms with Crippen molar-refractivity contribution in [3.63, 3.8) is 0 Å². The lowest BCUT2D eigenvalue weighted by molar-refractivity contribution is 0.534. The fourth-order valence-electron chi connectivity index (χ4n) is 2.97. The molecule has 1 aromatic heterocycles. The van der Waals surface area contributed by atoms with Gasteiger partial charge in [-0.1, -0.05) is 38.1 Å². The lowest BCUT2D eigenvalue weighted by Crippen LogP contribution is -2.16. The van der Waals surface area contributed by atoms with Gasteiger partial charge in [-0.3, -0.25) is 15.8 Å². The van der Waals surface area contributed by atoms with E-state index in [0.717, 1.165) is 17.7 Å². The molecule has 0 unspecified atom stereocenters. The summed E-state index contributed by atoms with van der Waals surface area (Å²) in [4.78, 5) is 10.2. The van der Waals surface area contributed by atoms with E-state index in [9.17, 15) is 0 Å². The first-order valence-corrected chi connectivity index (χ1v) is 10.9. The number of hydrogen-bond acceptors (Lipinski definition) is 7. The van der Waals surface area contributed by atoms with Crippen molar-refractivity contribution < 1.29 is 4.74 Å². The molecule has 0 saturated carbocycles. The summed E-state index contributed by atoms with van der Waals surface area (Å²) in [5.41, 5.74) is 4.21. The molecule has 3 N–H and O–H groups in total. The Labute approximate surface area is 187 Å². The minimum absolute atomic E-state index is 0.0947. The fourth-order valence-corrected chi connectivity index (χ4v) is 3.80. The van der Waals surface area contributed by atoms with Crippen molar-refractivity contribution in [1.29, 1.82) is 10.8 Å². The topological polar surface area (TPSA) is 94.7 Å². The maximum Gasteiger partial charge on any atom is 0.241 e. The molecule has 0 aliphatic rings. The Balaban J connectivity index is 1.76. The van der Waals surface area contributed by atoms with Gasteiger partial charge in [-0.05, 0) is 43.8 Å². The average molecular weight is 434 g/mol. The van der Waals surface area contributed by atoms with Crippen molar-refractivity contribution in [2.75, 3.05) is 7.05 Å². The highest BCUT2D eigenvalue weighted by atomic mass is 32.2. The van der Waals surface area contributed by atoms with E-state index in [2.05, 4.69) is 41.3 Å². The number of thioether (sulfide) groups is 1. The molecule has 0 bridgehead atoms. The van der Waals surface area contributed by atoms with Crippen LogP contribution in [0.5, 0.6) is 0 Å². The smallest absolute Gasteiger partial charge is 0.241 e. The largest absolute Gasteiger partial charge is 0.419 e. The van der Waals surface area contributed by atoms with Crippen molar-refractivity contribution in [2.45, 2.75) is 37.5 Å². The Hall–Kier alpha value is -3.03. The second-order valence-electron chi connectivity index (χ2n) is 7.37. The average Bonchev–Trinajstić information content (AvgIpc) is 2.75. The number of aryl methyl sites for hydroxylation is 1. The van der Waals surface area contributed by atoms with Crippen molar-refractivity contribution in [1.82, 2.24) is 15.3 Å². The van der Waals surface area contributed by atoms with Crippen LogP contribution in [-0.2, 0) is 11.3 Å². The first-order chi connectivity index (χ1) is 14.9. The molecule has 0 amide bonds. The summed E-state index contributed by atoms with van der Waals surface area (Å²) in [6.45, 7) is 6.86. The van der Waals surface area contributed by atoms with E-state index in [1.54, 1.807) is 24.9 Å². The van der Waals surface area contributed by atoms with Gasteiger partial charge in [0.15, 0.2) is 0 Å². The summed E-state index contributed by atoms with van der Waals surface area (Å²) in [6.07, 6.45) is 1.70. The van der Waals surface area contributed by atoms with Gasteiger partial charge in [-0.15, -0.1) is 11.8 Å². The molecule has 0 radical (unpaired) electrons. The number of hydrogen-bond donors (Lipinski definition) is 3. The standard InChI is InChI=1S/C24H27N5OS/c1-15(2)31-20-11-9-18(10-12-20)21-14-28-16(3)22(29-21)24(26)30-23(25)19-7-5-17(6-8-19)13-27-4/h5-12,14-15,25-27H,13H2,1-4H3. The van der Waals surface area contributed by atoms with Gasteiger partial charge >= 0.3 is 0 Å². The van der Waals surface area contributed by atoms with Crippen molar-refractivity contribution in [2.24, 2.45) is 0 Å². The van der Waals surface area contributed by atoms with Crippen LogP contribution in [-0.4, -0.2) is 34.1 Å². The van der Waals surface area contributed by atoms with E-state index in [-0.39, 0.29) is 11.8 Å². The van der Waals surface area contributed by atoms with Crippen LogP contribution in [0.3, 0.4) is 0 Å². The molecule has 0 atom stereocenters. The van der Waals surface area contributed by atoms with Gasteiger partial charge in [-0.25, -0.2) is 4.98 Å². The van der Waals surface area contributed by atoms with Gasteiger partial charge in [0.1, 0.15) is 5.69 Å². The fraction of sp³-hybridized carbons (Fsp3) is 0.250. The maximum absolute atomic E-state index is 8.35. The first-order valence-electron chi connectivity index (χ1n) is 10.1. The molecular formula is C24H27N5OS. The molecule has 0 fully saturated rings. The molecule has 160 valence electrons. The van der Waals surface area contributed by atoms with E-state index < -0.39 is 0 Å². The van der Waals surface area contributed by atoms with E-state index in [1.165, 1.54) is 4.90 Å². The second kappa shape index (κ2) is 10.3. The Morgan fingerprint density at radius 2 is 1.71 bits per heavy atom. The minimum atomic E-state index is -0.192. The van der Waals surface area contributed by atoms with Gasteiger partial charge in [0.25, 0.3) is 0 Å². The van der Waals surface area contributed by atoms with E-state index >= 15 is 0 Å². The lowest BCUT2D eigenvalue weighted by Gasteiger charge is -2.11. The summed E-state index contributed by atoms with van der Waals surface area (Å²) in [5.74, 6) is -0.286. The lowest BCUT2D eigenvalue weighted by atomic mass is 10.1. The van der Waals surface area contributed by atoms with Crippen molar-refractivity contribution >= 4 is 23.6 Å². The summed E-state index contributed by atoms with van der Waals surface area (Å²) >= 11 is 1.80. The molecule has 0 saturated heterocycles. The van der Waals surface area contributed by atoms with Crippen LogP contribution in [0.1, 0.15) is 36.4 Å². The van der Waals surface area contributed by atoms with Crippen LogP contribution in [0.25, 0.3) is 11.3 Å². The zero-order valence-electron chi connectivity index (χ0n) is 18.2. The number of benzene rings is 2. The highest BCUT2D eigenvalue weighted by molar-refractivity contribution is 7.99. The molecule has 3 aromatic rings. The number of ether oxygens (including phenoxy) is 1. The monoisotopic (exact) mass is 433 g/mol. The number of rotatable bonds is 7. The van der Waals surface area contributed by atoms with Crippen molar-refractivity contribution in [3.05, 3.63) is 77.2 Å². The highest BCUT2D eigenvalue weighted by Crippen LogP contribution is 2.26. The van der Waals surface area contributed by atoms with Crippen LogP contribution < -0.4 is 5.32 Å². The van der Waals surface area contributed by atoms with Gasteiger partial charge < -0.3 is 10.1 Å². The molecule has 3 rings (SSSR count). The predicted molar refractivity (Wildman–Crippen MR) is 127 cm³/mol. The van der Waals surface area contributed by atoms with Crippen LogP contribution in [0.15, 0.2) is 59.6 Å². The normalized spacial score (nSPS) is 10.9. The summed E-state index contributed by atoms with van der Waals surface area (Å²) in [7, 11) is 1.89. The predicted octanol–water partition coefficient (Wildman–Crippen LogP) is 5.04. The molecule has 1 heterocycles. The molecular weight excluding hydrogens is 406 g/mol. The van der Waals surface area contributed by atoms with Crippen molar-refractivity contribution in [3.8, 4) is 11.3 Å². The van der Waals surface area contributed by atoms with E-state index in [0.29, 0.717) is 27.9 Å². The van der Waals surface area contributed by atoms with Gasteiger partial charge in [-0.2, -0.15) is 0 Å². The summed E-state index contributed by atoms with van der Waals surface area (Å²) < 4.78 is 5.50. The molecule has 31 heavy (non-hydrogen) atoms. The quantitative estimate of drug-likeness (QED) is 0.276. The number of aromatic nitrogens is 2. The third kappa shape index (κ3) is 5.99. The zero-order valence-corrected chi connectivity index (χ0v) is 19.0. The Morgan fingerprint density at radius 3 is 2.32 bits per heavy atom. The molecule has 0 aliphatic carbocycles. The van der Waals surface area contributed by atoms with E-state index in [1.807, 2.05) is 43.4 Å². The number of nitrogens with zero attached hydrogens (tertiary/aromatic N) is 2. The Bertz CT molecular complexity index is 1060. The molecule has 0 spiro atoms. The molecule has 6 nitrogen and oxygen atoms in total. The Morgan fingerprint density at radius 1 is 1.03 bits per heavy atom. The molecule has 0 aliphatic heterocycles.